The summed E-state index contributed by atoms with van der Waals surface area (Å²) in [6, 6.07) is 4.36. The first kappa shape index (κ1) is 13.0. The van der Waals surface area contributed by atoms with Gasteiger partial charge in [-0.1, -0.05) is 0 Å². The predicted octanol–water partition coefficient (Wildman–Crippen LogP) is 1.94. The van der Waals surface area contributed by atoms with Crippen molar-refractivity contribution in [3.63, 3.8) is 0 Å². The first-order valence-electron chi connectivity index (χ1n) is 5.14. The van der Waals surface area contributed by atoms with Crippen LogP contribution in [0.3, 0.4) is 0 Å². The van der Waals surface area contributed by atoms with Crippen LogP contribution in [0, 0.1) is 0 Å². The Hall–Kier alpha value is -1.44. The van der Waals surface area contributed by atoms with E-state index >= 15 is 0 Å². The minimum atomic E-state index is -5.35. The number of hydrogen-bond donors (Lipinski definition) is 1. The summed E-state index contributed by atoms with van der Waals surface area (Å²) in [5.74, 6) is 0. The molecule has 8 heteroatoms. The second kappa shape index (κ2) is 4.04. The lowest BCUT2D eigenvalue weighted by Crippen LogP contribution is -2.29. The predicted molar refractivity (Wildman–Crippen MR) is 62.0 cm³/mol. The number of rotatable bonds is 2. The van der Waals surface area contributed by atoms with Gasteiger partial charge in [0.05, 0.1) is 0 Å². The Morgan fingerprint density at radius 3 is 2.61 bits per heavy atom. The Morgan fingerprint density at radius 2 is 2.00 bits per heavy atom. The smallest absolute Gasteiger partial charge is 0.374 e. The van der Waals surface area contributed by atoms with E-state index in [1.165, 1.54) is 16.9 Å². The molecule has 0 amide bonds. The van der Waals surface area contributed by atoms with Crippen LogP contribution in [0.25, 0.3) is 0 Å². The van der Waals surface area contributed by atoms with Crippen LogP contribution in [0.5, 0.6) is 0 Å². The van der Waals surface area contributed by atoms with Crippen molar-refractivity contribution in [1.82, 2.24) is 0 Å². The Kier molecular flexibility index (Phi) is 2.92. The first-order valence-corrected chi connectivity index (χ1v) is 6.62. The summed E-state index contributed by atoms with van der Waals surface area (Å²) in [6.45, 7) is 0.769. The lowest BCUT2D eigenvalue weighted by Gasteiger charge is -2.14. The molecule has 4 nitrogen and oxygen atoms in total. The van der Waals surface area contributed by atoms with Gasteiger partial charge in [-0.15, -0.1) is 0 Å². The zero-order valence-electron chi connectivity index (χ0n) is 9.45. The van der Waals surface area contributed by atoms with Crippen LogP contribution in [0.2, 0.25) is 0 Å². The Morgan fingerprint density at radius 1 is 1.33 bits per heavy atom. The van der Waals surface area contributed by atoms with E-state index in [1.54, 1.807) is 6.07 Å². The van der Waals surface area contributed by atoms with Crippen LogP contribution in [0.15, 0.2) is 18.2 Å². The van der Waals surface area contributed by atoms with Gasteiger partial charge in [0.2, 0.25) is 0 Å². The summed E-state index contributed by atoms with van der Waals surface area (Å²) in [7, 11) is -3.48. The molecular formula is C10H11F3N2O2S. The van der Waals surface area contributed by atoms with Crippen LogP contribution in [0.4, 0.5) is 24.5 Å². The number of sulfonamides is 1. The molecule has 1 heterocycles. The summed E-state index contributed by atoms with van der Waals surface area (Å²) in [5, 5.41) is 0. The fourth-order valence-corrected chi connectivity index (χ4v) is 2.40. The highest BCUT2D eigenvalue weighted by Gasteiger charge is 2.46. The normalized spacial score (nSPS) is 15.7. The topological polar surface area (TPSA) is 49.4 Å². The average molecular weight is 280 g/mol. The molecule has 0 aromatic heterocycles. The van der Waals surface area contributed by atoms with Gasteiger partial charge in [0, 0.05) is 25.0 Å². The minimum Gasteiger partial charge on any atom is -0.374 e. The second-order valence-electron chi connectivity index (χ2n) is 4.07. The second-order valence-corrected chi connectivity index (χ2v) is 5.74. The molecule has 1 aliphatic heterocycles. The summed E-state index contributed by atoms with van der Waals surface area (Å²) >= 11 is 0. The molecule has 0 radical (unpaired) electrons. The third-order valence-electron chi connectivity index (χ3n) is 2.76. The first-order chi connectivity index (χ1) is 8.21. The molecule has 2 rings (SSSR count). The lowest BCUT2D eigenvalue weighted by molar-refractivity contribution is -0.0429. The van der Waals surface area contributed by atoms with E-state index in [1.807, 2.05) is 11.9 Å². The molecule has 1 aliphatic rings. The van der Waals surface area contributed by atoms with Crippen LogP contribution in [0.1, 0.15) is 5.56 Å². The summed E-state index contributed by atoms with van der Waals surface area (Å²) in [4.78, 5) is 1.96. The third kappa shape index (κ3) is 2.24. The van der Waals surface area contributed by atoms with E-state index in [0.717, 1.165) is 17.8 Å². The van der Waals surface area contributed by atoms with Gasteiger partial charge in [-0.05, 0) is 30.2 Å². The van der Waals surface area contributed by atoms with Crippen LogP contribution in [-0.4, -0.2) is 27.5 Å². The van der Waals surface area contributed by atoms with Gasteiger partial charge in [0.15, 0.2) is 0 Å². The molecule has 0 fully saturated rings. The maximum absolute atomic E-state index is 12.2. The summed E-state index contributed by atoms with van der Waals surface area (Å²) < 4.78 is 60.0. The van der Waals surface area contributed by atoms with Crippen molar-refractivity contribution in [3.8, 4) is 0 Å². The fraction of sp³-hybridized carbons (Fsp3) is 0.400. The fourth-order valence-electron chi connectivity index (χ4n) is 1.84. The molecule has 18 heavy (non-hydrogen) atoms. The van der Waals surface area contributed by atoms with Gasteiger partial charge in [0.1, 0.15) is 0 Å². The van der Waals surface area contributed by atoms with E-state index in [9.17, 15) is 21.6 Å². The molecule has 0 bridgehead atoms. The van der Waals surface area contributed by atoms with Crippen molar-refractivity contribution in [1.29, 1.82) is 0 Å². The van der Waals surface area contributed by atoms with Gasteiger partial charge in [-0.25, -0.2) is 0 Å². The maximum atomic E-state index is 12.2. The molecule has 100 valence electrons. The van der Waals surface area contributed by atoms with Gasteiger partial charge in [-0.2, -0.15) is 21.6 Å². The van der Waals surface area contributed by atoms with Crippen LogP contribution < -0.4 is 9.62 Å². The van der Waals surface area contributed by atoms with E-state index in [-0.39, 0.29) is 5.69 Å². The monoisotopic (exact) mass is 280 g/mol. The quantitative estimate of drug-likeness (QED) is 0.900. The van der Waals surface area contributed by atoms with E-state index in [0.29, 0.717) is 6.42 Å². The molecule has 1 N–H and O–H groups in total. The number of likely N-dealkylation sites (N-methyl/N-ethyl adjacent to an activating group) is 1. The molecule has 0 unspecified atom stereocenters. The SMILES string of the molecule is CN1CCc2cc(NS(=O)(=O)C(F)(F)F)ccc21. The van der Waals surface area contributed by atoms with Crippen molar-refractivity contribution in [2.45, 2.75) is 11.9 Å². The molecule has 1 aromatic rings. The summed E-state index contributed by atoms with van der Waals surface area (Å²) in [6.07, 6.45) is 0.688. The van der Waals surface area contributed by atoms with Gasteiger partial charge < -0.3 is 4.90 Å². The number of nitrogens with one attached hydrogen (secondary N) is 1. The van der Waals surface area contributed by atoms with E-state index < -0.39 is 15.5 Å². The molecule has 0 spiro atoms. The Bertz CT molecular complexity index is 569. The number of hydrogen-bond acceptors (Lipinski definition) is 3. The van der Waals surface area contributed by atoms with Crippen molar-refractivity contribution in [2.24, 2.45) is 0 Å². The molecule has 0 atom stereocenters. The molecule has 0 saturated heterocycles. The van der Waals surface area contributed by atoms with E-state index in [4.69, 9.17) is 0 Å². The van der Waals surface area contributed by atoms with Crippen LogP contribution >= 0.6 is 0 Å². The molecule has 0 aliphatic carbocycles. The van der Waals surface area contributed by atoms with Crippen molar-refractivity contribution >= 4 is 21.4 Å². The number of nitrogens with zero attached hydrogens (tertiary/aromatic N) is 1. The number of alkyl halides is 3. The number of fused-ring (bicyclic) bond motifs is 1. The lowest BCUT2D eigenvalue weighted by atomic mass is 10.1. The number of anilines is 2. The molecule has 0 saturated carbocycles. The van der Waals surface area contributed by atoms with Gasteiger partial charge in [-0.3, -0.25) is 4.72 Å². The van der Waals surface area contributed by atoms with E-state index in [2.05, 4.69) is 0 Å². The largest absolute Gasteiger partial charge is 0.516 e. The Labute approximate surface area is 102 Å². The highest BCUT2D eigenvalue weighted by molar-refractivity contribution is 7.93. The third-order valence-corrected chi connectivity index (χ3v) is 3.88. The van der Waals surface area contributed by atoms with Gasteiger partial charge in [0.25, 0.3) is 0 Å². The van der Waals surface area contributed by atoms with Crippen molar-refractivity contribution < 1.29 is 21.6 Å². The average Bonchev–Trinajstić information content (AvgIpc) is 2.58. The molecule has 1 aromatic carbocycles. The zero-order valence-corrected chi connectivity index (χ0v) is 10.3. The maximum Gasteiger partial charge on any atom is 0.516 e. The van der Waals surface area contributed by atoms with Crippen molar-refractivity contribution in [3.05, 3.63) is 23.8 Å². The highest BCUT2D eigenvalue weighted by atomic mass is 32.2. The number of halogens is 3. The van der Waals surface area contributed by atoms with Gasteiger partial charge >= 0.3 is 15.5 Å². The standard InChI is InChI=1S/C10H11F3N2O2S/c1-15-5-4-7-6-8(2-3-9(7)15)14-18(16,17)10(11,12)13/h2-3,6,14H,4-5H2,1H3. The zero-order chi connectivity index (χ0) is 13.6. The van der Waals surface area contributed by atoms with Crippen LogP contribution in [-0.2, 0) is 16.4 Å². The minimum absolute atomic E-state index is 0.0682. The highest BCUT2D eigenvalue weighted by Crippen LogP contribution is 2.31. The Balaban J connectivity index is 2.28. The molecular weight excluding hydrogens is 269 g/mol. The van der Waals surface area contributed by atoms with Crippen molar-refractivity contribution in [2.75, 3.05) is 23.2 Å². The summed E-state index contributed by atoms with van der Waals surface area (Å²) in [5.41, 5.74) is -3.63. The number of benzene rings is 1.